The van der Waals surface area contributed by atoms with E-state index in [1.807, 2.05) is 13.8 Å². The monoisotopic (exact) mass is 308 g/mol. The van der Waals surface area contributed by atoms with Crippen LogP contribution in [0.25, 0.3) is 0 Å². The summed E-state index contributed by atoms with van der Waals surface area (Å²) >= 11 is 6.17. The first-order valence-electron chi connectivity index (χ1n) is 6.59. The van der Waals surface area contributed by atoms with Crippen molar-refractivity contribution in [2.45, 2.75) is 20.5 Å². The Kier molecular flexibility index (Phi) is 4.85. The number of rotatable bonds is 6. The quantitative estimate of drug-likeness (QED) is 0.769. The predicted octanol–water partition coefficient (Wildman–Crippen LogP) is 3.17. The molecule has 0 aliphatic rings. The number of carbonyl (C=O) groups is 1. The highest BCUT2D eigenvalue weighted by Gasteiger charge is 2.13. The third-order valence-electron chi connectivity index (χ3n) is 3.05. The number of carbonyl (C=O) groups excluding carboxylic acids is 1. The molecule has 2 rings (SSSR count). The third kappa shape index (κ3) is 3.36. The van der Waals surface area contributed by atoms with E-state index < -0.39 is 0 Å². The lowest BCUT2D eigenvalue weighted by atomic mass is 10.2. The van der Waals surface area contributed by atoms with Gasteiger partial charge in [0.25, 0.3) is 0 Å². The van der Waals surface area contributed by atoms with Crippen molar-refractivity contribution in [1.29, 1.82) is 0 Å². The predicted molar refractivity (Wildman–Crippen MR) is 80.3 cm³/mol. The van der Waals surface area contributed by atoms with E-state index in [1.165, 1.54) is 0 Å². The van der Waals surface area contributed by atoms with Crippen LogP contribution in [-0.2, 0) is 13.7 Å². The minimum atomic E-state index is 0.291. The van der Waals surface area contributed by atoms with Crippen molar-refractivity contribution in [3.63, 3.8) is 0 Å². The smallest absolute Gasteiger partial charge is 0.161 e. The Hall–Kier alpha value is -2.01. The first-order valence-corrected chi connectivity index (χ1v) is 6.97. The van der Waals surface area contributed by atoms with Crippen LogP contribution in [0.1, 0.15) is 28.5 Å². The normalized spacial score (nSPS) is 10.5. The molecule has 2 aromatic rings. The molecule has 21 heavy (non-hydrogen) atoms. The lowest BCUT2D eigenvalue weighted by Gasteiger charge is -2.12. The van der Waals surface area contributed by atoms with E-state index in [1.54, 1.807) is 29.9 Å². The van der Waals surface area contributed by atoms with Gasteiger partial charge < -0.3 is 9.47 Å². The van der Waals surface area contributed by atoms with Crippen molar-refractivity contribution in [3.05, 3.63) is 40.2 Å². The molecule has 0 saturated carbocycles. The van der Waals surface area contributed by atoms with Crippen LogP contribution in [0, 0.1) is 6.92 Å². The molecule has 0 unspecified atom stereocenters. The molecule has 0 bridgehead atoms. The zero-order chi connectivity index (χ0) is 15.4. The van der Waals surface area contributed by atoms with Crippen molar-refractivity contribution >= 4 is 17.9 Å². The largest absolute Gasteiger partial charge is 0.490 e. The fourth-order valence-corrected chi connectivity index (χ4v) is 2.20. The maximum atomic E-state index is 10.8. The van der Waals surface area contributed by atoms with Gasteiger partial charge in [0.1, 0.15) is 18.0 Å². The fourth-order valence-electron chi connectivity index (χ4n) is 1.97. The Labute approximate surface area is 128 Å². The van der Waals surface area contributed by atoms with Crippen LogP contribution in [0.5, 0.6) is 11.5 Å². The van der Waals surface area contributed by atoms with Gasteiger partial charge in [-0.05, 0) is 32.0 Å². The summed E-state index contributed by atoms with van der Waals surface area (Å²) < 4.78 is 12.9. The first kappa shape index (κ1) is 15.4. The Morgan fingerprint density at radius 3 is 2.67 bits per heavy atom. The number of aromatic nitrogens is 2. The van der Waals surface area contributed by atoms with Crippen molar-refractivity contribution in [1.82, 2.24) is 9.78 Å². The van der Waals surface area contributed by atoms with E-state index in [0.717, 1.165) is 17.5 Å². The molecule has 0 radical (unpaired) electrons. The van der Waals surface area contributed by atoms with Crippen LogP contribution in [0.2, 0.25) is 5.15 Å². The standard InChI is InChI=1S/C15H17ClN2O3/c1-4-20-14-7-11(8-19)5-6-13(14)21-9-12-10(2)17-18(3)15(12)16/h5-8H,4,9H2,1-3H3. The van der Waals surface area contributed by atoms with Crippen molar-refractivity contribution in [3.8, 4) is 11.5 Å². The van der Waals surface area contributed by atoms with Crippen LogP contribution < -0.4 is 9.47 Å². The van der Waals surface area contributed by atoms with E-state index in [4.69, 9.17) is 21.1 Å². The van der Waals surface area contributed by atoms with Gasteiger partial charge in [0, 0.05) is 18.2 Å². The first-order chi connectivity index (χ1) is 10.1. The molecule has 6 heteroatoms. The molecule has 1 aromatic heterocycles. The summed E-state index contributed by atoms with van der Waals surface area (Å²) in [6, 6.07) is 5.06. The van der Waals surface area contributed by atoms with Gasteiger partial charge in [-0.3, -0.25) is 9.48 Å². The second kappa shape index (κ2) is 6.63. The molecule has 0 fully saturated rings. The van der Waals surface area contributed by atoms with Gasteiger partial charge in [-0.2, -0.15) is 5.10 Å². The van der Waals surface area contributed by atoms with E-state index in [9.17, 15) is 4.79 Å². The molecule has 0 saturated heterocycles. The molecule has 0 aliphatic carbocycles. The third-order valence-corrected chi connectivity index (χ3v) is 3.52. The van der Waals surface area contributed by atoms with Gasteiger partial charge in [-0.25, -0.2) is 0 Å². The number of benzene rings is 1. The molecule has 1 aromatic carbocycles. The Bertz CT molecular complexity index is 653. The highest BCUT2D eigenvalue weighted by Crippen LogP contribution is 2.30. The van der Waals surface area contributed by atoms with Crippen molar-refractivity contribution < 1.29 is 14.3 Å². The number of aldehydes is 1. The lowest BCUT2D eigenvalue weighted by Crippen LogP contribution is -2.01. The zero-order valence-electron chi connectivity index (χ0n) is 12.2. The highest BCUT2D eigenvalue weighted by molar-refractivity contribution is 6.30. The Morgan fingerprint density at radius 1 is 1.33 bits per heavy atom. The number of ether oxygens (including phenoxy) is 2. The number of aryl methyl sites for hydroxylation is 2. The molecule has 0 amide bonds. The second-order valence-corrected chi connectivity index (χ2v) is 4.88. The minimum Gasteiger partial charge on any atom is -0.490 e. The van der Waals surface area contributed by atoms with Gasteiger partial charge in [0.05, 0.1) is 12.3 Å². The summed E-state index contributed by atoms with van der Waals surface area (Å²) in [6.45, 7) is 4.54. The summed E-state index contributed by atoms with van der Waals surface area (Å²) in [5.74, 6) is 1.11. The highest BCUT2D eigenvalue weighted by atomic mass is 35.5. The summed E-state index contributed by atoms with van der Waals surface area (Å²) in [7, 11) is 1.78. The molecular formula is C15H17ClN2O3. The topological polar surface area (TPSA) is 53.4 Å². The molecule has 0 N–H and O–H groups in total. The Balaban J connectivity index is 2.21. The number of hydrogen-bond acceptors (Lipinski definition) is 4. The summed E-state index contributed by atoms with van der Waals surface area (Å²) in [6.07, 6.45) is 0.772. The summed E-state index contributed by atoms with van der Waals surface area (Å²) in [5, 5.41) is 4.79. The van der Waals surface area contributed by atoms with Gasteiger partial charge in [0.2, 0.25) is 0 Å². The van der Waals surface area contributed by atoms with E-state index in [0.29, 0.717) is 35.4 Å². The molecule has 0 aliphatic heterocycles. The molecule has 0 atom stereocenters. The van der Waals surface area contributed by atoms with E-state index in [-0.39, 0.29) is 0 Å². The number of halogens is 1. The maximum absolute atomic E-state index is 10.8. The molecule has 112 valence electrons. The van der Waals surface area contributed by atoms with Crippen molar-refractivity contribution in [2.24, 2.45) is 7.05 Å². The second-order valence-electron chi connectivity index (χ2n) is 4.52. The van der Waals surface area contributed by atoms with Crippen LogP contribution >= 0.6 is 11.6 Å². The Morgan fingerprint density at radius 2 is 2.10 bits per heavy atom. The average molecular weight is 309 g/mol. The van der Waals surface area contributed by atoms with Gasteiger partial charge in [-0.15, -0.1) is 0 Å². The minimum absolute atomic E-state index is 0.291. The van der Waals surface area contributed by atoms with E-state index in [2.05, 4.69) is 5.10 Å². The molecule has 1 heterocycles. The van der Waals surface area contributed by atoms with Crippen molar-refractivity contribution in [2.75, 3.05) is 6.61 Å². The van der Waals surface area contributed by atoms with Gasteiger partial charge in [-0.1, -0.05) is 11.6 Å². The maximum Gasteiger partial charge on any atom is 0.161 e. The molecule has 0 spiro atoms. The number of hydrogen-bond donors (Lipinski definition) is 0. The van der Waals surface area contributed by atoms with Crippen LogP contribution in [-0.4, -0.2) is 22.7 Å². The average Bonchev–Trinajstić information content (AvgIpc) is 2.71. The fraction of sp³-hybridized carbons (Fsp3) is 0.333. The van der Waals surface area contributed by atoms with E-state index >= 15 is 0 Å². The van der Waals surface area contributed by atoms with Crippen LogP contribution in [0.3, 0.4) is 0 Å². The van der Waals surface area contributed by atoms with Gasteiger partial charge in [0.15, 0.2) is 11.5 Å². The molecule has 5 nitrogen and oxygen atoms in total. The summed E-state index contributed by atoms with van der Waals surface area (Å²) in [4.78, 5) is 10.8. The van der Waals surface area contributed by atoms with Crippen LogP contribution in [0.4, 0.5) is 0 Å². The number of nitrogens with zero attached hydrogens (tertiary/aromatic N) is 2. The van der Waals surface area contributed by atoms with Gasteiger partial charge >= 0.3 is 0 Å². The summed E-state index contributed by atoms with van der Waals surface area (Å²) in [5.41, 5.74) is 2.20. The van der Waals surface area contributed by atoms with Crippen LogP contribution in [0.15, 0.2) is 18.2 Å². The molecular weight excluding hydrogens is 292 g/mol. The zero-order valence-corrected chi connectivity index (χ0v) is 13.0. The lowest BCUT2D eigenvalue weighted by molar-refractivity contribution is 0.112. The SMILES string of the molecule is CCOc1cc(C=O)ccc1OCc1c(C)nn(C)c1Cl.